The third-order valence-corrected chi connectivity index (χ3v) is 4.13. The van der Waals surface area contributed by atoms with E-state index in [1.807, 2.05) is 0 Å². The minimum absolute atomic E-state index is 0.135. The van der Waals surface area contributed by atoms with Crippen LogP contribution in [0, 0.1) is 0 Å². The van der Waals surface area contributed by atoms with Crippen LogP contribution in [-0.2, 0) is 24.3 Å². The minimum Gasteiger partial charge on any atom is -0.480 e. The van der Waals surface area contributed by atoms with Gasteiger partial charge >= 0.3 is 11.9 Å². The van der Waals surface area contributed by atoms with Crippen molar-refractivity contribution in [1.29, 1.82) is 0 Å². The Morgan fingerprint density at radius 2 is 2.12 bits per heavy atom. The summed E-state index contributed by atoms with van der Waals surface area (Å²) in [5.74, 6) is -2.89. The number of hydrogen-bond donors (Lipinski definition) is 1. The van der Waals surface area contributed by atoms with E-state index in [0.29, 0.717) is 6.42 Å². The fourth-order valence-electron chi connectivity index (χ4n) is 1.61. The molecule has 0 aromatic heterocycles. The van der Waals surface area contributed by atoms with Crippen LogP contribution in [0.4, 0.5) is 0 Å². The van der Waals surface area contributed by atoms with Gasteiger partial charge in [-0.25, -0.2) is 8.42 Å². The smallest absolute Gasteiger partial charge is 0.322 e. The molecule has 7 nitrogen and oxygen atoms in total. The van der Waals surface area contributed by atoms with Crippen LogP contribution in [0.3, 0.4) is 0 Å². The van der Waals surface area contributed by atoms with Crippen LogP contribution >= 0.6 is 0 Å². The first-order valence-corrected chi connectivity index (χ1v) is 6.28. The fourth-order valence-corrected chi connectivity index (χ4v) is 3.18. The summed E-state index contributed by atoms with van der Waals surface area (Å²) in [7, 11) is -2.81. The summed E-state index contributed by atoms with van der Waals surface area (Å²) in [6, 6.07) is -1.06. The molecule has 1 saturated heterocycles. The molecule has 0 aliphatic carbocycles. The van der Waals surface area contributed by atoms with Gasteiger partial charge in [-0.2, -0.15) is 4.31 Å². The van der Waals surface area contributed by atoms with Gasteiger partial charge in [-0.3, -0.25) is 9.59 Å². The average molecular weight is 251 g/mol. The normalized spacial score (nSPS) is 21.9. The van der Waals surface area contributed by atoms with Crippen molar-refractivity contribution in [3.63, 3.8) is 0 Å². The third-order valence-electron chi connectivity index (χ3n) is 2.37. The number of nitrogens with zero attached hydrogens (tertiary/aromatic N) is 1. The third kappa shape index (κ3) is 2.70. The van der Waals surface area contributed by atoms with Gasteiger partial charge < -0.3 is 9.84 Å². The number of sulfonamides is 1. The number of hydrogen-bond acceptors (Lipinski definition) is 5. The van der Waals surface area contributed by atoms with Gasteiger partial charge in [0.2, 0.25) is 10.0 Å². The summed E-state index contributed by atoms with van der Waals surface area (Å²) in [5, 5.41) is 8.82. The molecular weight excluding hydrogens is 238 g/mol. The summed E-state index contributed by atoms with van der Waals surface area (Å²) in [5.41, 5.74) is 0. The lowest BCUT2D eigenvalue weighted by atomic mass is 10.2. The zero-order chi connectivity index (χ0) is 12.3. The Bertz CT molecular complexity index is 389. The molecular formula is C8H13NO6S. The first-order chi connectivity index (χ1) is 7.38. The molecule has 8 heteroatoms. The zero-order valence-corrected chi connectivity index (χ0v) is 9.57. The highest BCUT2D eigenvalue weighted by Gasteiger charge is 2.39. The van der Waals surface area contributed by atoms with Crippen LogP contribution in [0.5, 0.6) is 0 Å². The number of carboxylic acids is 1. The maximum absolute atomic E-state index is 11.7. The minimum atomic E-state index is -3.89. The predicted molar refractivity (Wildman–Crippen MR) is 53.2 cm³/mol. The molecule has 1 atom stereocenters. The maximum atomic E-state index is 11.7. The van der Waals surface area contributed by atoms with Gasteiger partial charge in [0.05, 0.1) is 7.11 Å². The maximum Gasteiger partial charge on any atom is 0.322 e. The SMILES string of the molecule is COC(=O)CS(=O)(=O)N1CCC[C@H]1C(=O)O. The summed E-state index contributed by atoms with van der Waals surface area (Å²) in [6.07, 6.45) is 0.757. The van der Waals surface area contributed by atoms with E-state index in [4.69, 9.17) is 5.11 Å². The molecule has 0 amide bonds. The summed E-state index contributed by atoms with van der Waals surface area (Å²) >= 11 is 0. The van der Waals surface area contributed by atoms with Gasteiger partial charge in [-0.05, 0) is 12.8 Å². The van der Waals surface area contributed by atoms with Crippen LogP contribution in [0.25, 0.3) is 0 Å². The van der Waals surface area contributed by atoms with Crippen molar-refractivity contribution in [1.82, 2.24) is 4.31 Å². The van der Waals surface area contributed by atoms with Crippen LogP contribution in [-0.4, -0.2) is 55.2 Å². The fraction of sp³-hybridized carbons (Fsp3) is 0.750. The molecule has 1 heterocycles. The second kappa shape index (κ2) is 4.79. The molecule has 92 valence electrons. The Labute approximate surface area is 93.0 Å². The van der Waals surface area contributed by atoms with Crippen molar-refractivity contribution in [2.45, 2.75) is 18.9 Å². The topological polar surface area (TPSA) is 101 Å². The molecule has 1 fully saturated rings. The van der Waals surface area contributed by atoms with Crippen molar-refractivity contribution < 1.29 is 27.9 Å². The predicted octanol–water partition coefficient (Wildman–Crippen LogP) is -0.962. The number of esters is 1. The number of carboxylic acid groups (broad SMARTS) is 1. The second-order valence-corrected chi connectivity index (χ2v) is 5.36. The standard InChI is InChI=1S/C8H13NO6S/c1-15-7(10)5-16(13,14)9-4-2-3-6(9)8(11)12/h6H,2-5H2,1H3,(H,11,12)/t6-/m0/s1. The number of carbonyl (C=O) groups is 2. The van der Waals surface area contributed by atoms with E-state index < -0.39 is 33.8 Å². The van der Waals surface area contributed by atoms with E-state index in [-0.39, 0.29) is 13.0 Å². The molecule has 0 bridgehead atoms. The summed E-state index contributed by atoms with van der Waals surface area (Å²) in [6.45, 7) is 0.135. The summed E-state index contributed by atoms with van der Waals surface area (Å²) < 4.78 is 28.5. The average Bonchev–Trinajstić information content (AvgIpc) is 2.65. The molecule has 0 saturated carbocycles. The number of aliphatic carboxylic acids is 1. The second-order valence-electron chi connectivity index (χ2n) is 3.44. The molecule has 0 aromatic rings. The molecule has 1 aliphatic rings. The van der Waals surface area contributed by atoms with Crippen molar-refractivity contribution >= 4 is 22.0 Å². The van der Waals surface area contributed by atoms with Gasteiger partial charge in [0, 0.05) is 6.54 Å². The molecule has 0 spiro atoms. The number of methoxy groups -OCH3 is 1. The lowest BCUT2D eigenvalue weighted by Gasteiger charge is -2.19. The van der Waals surface area contributed by atoms with Crippen molar-refractivity contribution in [3.8, 4) is 0 Å². The molecule has 16 heavy (non-hydrogen) atoms. The lowest BCUT2D eigenvalue weighted by Crippen LogP contribution is -2.43. The van der Waals surface area contributed by atoms with Crippen molar-refractivity contribution in [2.75, 3.05) is 19.4 Å². The Morgan fingerprint density at radius 1 is 1.50 bits per heavy atom. The molecule has 1 rings (SSSR count). The van der Waals surface area contributed by atoms with E-state index in [1.54, 1.807) is 0 Å². The highest BCUT2D eigenvalue weighted by atomic mass is 32.2. The van der Waals surface area contributed by atoms with Crippen LogP contribution < -0.4 is 0 Å². The highest BCUT2D eigenvalue weighted by Crippen LogP contribution is 2.21. The quantitative estimate of drug-likeness (QED) is 0.646. The molecule has 1 N–H and O–H groups in total. The highest BCUT2D eigenvalue weighted by molar-refractivity contribution is 7.89. The Hall–Kier alpha value is -1.15. The van der Waals surface area contributed by atoms with E-state index in [9.17, 15) is 18.0 Å². The van der Waals surface area contributed by atoms with E-state index in [2.05, 4.69) is 4.74 Å². The largest absolute Gasteiger partial charge is 0.480 e. The van der Waals surface area contributed by atoms with Crippen LogP contribution in [0.15, 0.2) is 0 Å². The Balaban J connectivity index is 2.83. The van der Waals surface area contributed by atoms with Gasteiger partial charge in [0.25, 0.3) is 0 Å². The summed E-state index contributed by atoms with van der Waals surface area (Å²) in [4.78, 5) is 21.7. The van der Waals surface area contributed by atoms with Gasteiger partial charge in [-0.1, -0.05) is 0 Å². The molecule has 0 unspecified atom stereocenters. The molecule has 1 aliphatic heterocycles. The van der Waals surface area contributed by atoms with E-state index in [0.717, 1.165) is 11.4 Å². The first kappa shape index (κ1) is 12.9. The number of rotatable bonds is 4. The van der Waals surface area contributed by atoms with Gasteiger partial charge in [0.15, 0.2) is 5.75 Å². The monoisotopic (exact) mass is 251 g/mol. The lowest BCUT2D eigenvalue weighted by molar-refractivity contribution is -0.141. The number of ether oxygens (including phenoxy) is 1. The Morgan fingerprint density at radius 3 is 2.62 bits per heavy atom. The first-order valence-electron chi connectivity index (χ1n) is 4.67. The van der Waals surface area contributed by atoms with Crippen molar-refractivity contribution in [3.05, 3.63) is 0 Å². The number of carbonyl (C=O) groups excluding carboxylic acids is 1. The van der Waals surface area contributed by atoms with Gasteiger partial charge in [0.1, 0.15) is 6.04 Å². The molecule has 0 radical (unpaired) electrons. The van der Waals surface area contributed by atoms with Gasteiger partial charge in [-0.15, -0.1) is 0 Å². The molecule has 0 aromatic carbocycles. The van der Waals surface area contributed by atoms with Crippen molar-refractivity contribution in [2.24, 2.45) is 0 Å². The van der Waals surface area contributed by atoms with Crippen LogP contribution in [0.2, 0.25) is 0 Å². The zero-order valence-electron chi connectivity index (χ0n) is 8.75. The van der Waals surface area contributed by atoms with E-state index in [1.165, 1.54) is 0 Å². The van der Waals surface area contributed by atoms with Crippen LogP contribution in [0.1, 0.15) is 12.8 Å². The Kier molecular flexibility index (Phi) is 3.87. The van der Waals surface area contributed by atoms with E-state index >= 15 is 0 Å².